The van der Waals surface area contributed by atoms with E-state index in [0.717, 1.165) is 19.1 Å². The second kappa shape index (κ2) is 3.00. The lowest BCUT2D eigenvalue weighted by molar-refractivity contribution is 0.0568. The molecule has 2 unspecified atom stereocenters. The summed E-state index contributed by atoms with van der Waals surface area (Å²) in [4.78, 5) is 0. The van der Waals surface area contributed by atoms with Crippen LogP contribution in [0.2, 0.25) is 0 Å². The predicted octanol–water partition coefficient (Wildman–Crippen LogP) is 1.55. The fraction of sp³-hybridized carbons (Fsp3) is 1.00. The van der Waals surface area contributed by atoms with E-state index < -0.39 is 0 Å². The smallest absolute Gasteiger partial charge is 0.0782 e. The summed E-state index contributed by atoms with van der Waals surface area (Å²) >= 11 is 0. The maximum Gasteiger partial charge on any atom is 0.0782 e. The van der Waals surface area contributed by atoms with E-state index in [2.05, 4.69) is 19.2 Å². The minimum absolute atomic E-state index is 0.274. The summed E-state index contributed by atoms with van der Waals surface area (Å²) in [6.45, 7) is 6.49. The van der Waals surface area contributed by atoms with Gasteiger partial charge in [-0.3, -0.25) is 0 Å². The predicted molar refractivity (Wildman–Crippen MR) is 49.2 cm³/mol. The SMILES string of the molecule is CCNC1(C)CCOC1C1CC1. The maximum atomic E-state index is 5.78. The molecule has 1 saturated heterocycles. The molecule has 0 spiro atoms. The zero-order valence-electron chi connectivity index (χ0n) is 8.10. The summed E-state index contributed by atoms with van der Waals surface area (Å²) in [7, 11) is 0. The van der Waals surface area contributed by atoms with Crippen LogP contribution in [-0.2, 0) is 4.74 Å². The average Bonchev–Trinajstić information content (AvgIpc) is 2.77. The van der Waals surface area contributed by atoms with Gasteiger partial charge in [-0.15, -0.1) is 0 Å². The van der Waals surface area contributed by atoms with Gasteiger partial charge >= 0.3 is 0 Å². The van der Waals surface area contributed by atoms with Gasteiger partial charge in [0.2, 0.25) is 0 Å². The highest BCUT2D eigenvalue weighted by Crippen LogP contribution is 2.43. The van der Waals surface area contributed by atoms with Crippen LogP contribution >= 0.6 is 0 Å². The van der Waals surface area contributed by atoms with E-state index in [1.54, 1.807) is 0 Å². The standard InChI is InChI=1S/C10H19NO/c1-3-11-10(2)6-7-12-9(10)8-4-5-8/h8-9,11H,3-7H2,1-2H3. The number of rotatable bonds is 3. The van der Waals surface area contributed by atoms with Crippen molar-refractivity contribution in [1.29, 1.82) is 0 Å². The third-order valence-electron chi connectivity index (χ3n) is 3.18. The Balaban J connectivity index is 2.00. The summed E-state index contributed by atoms with van der Waals surface area (Å²) in [5.41, 5.74) is 0.274. The molecule has 1 heterocycles. The minimum Gasteiger partial charge on any atom is -0.376 e. The van der Waals surface area contributed by atoms with Gasteiger partial charge in [0.05, 0.1) is 6.10 Å². The molecular formula is C10H19NO. The Bertz CT molecular complexity index is 167. The average molecular weight is 169 g/mol. The van der Waals surface area contributed by atoms with Crippen LogP contribution in [0.4, 0.5) is 0 Å². The van der Waals surface area contributed by atoms with Crippen LogP contribution in [0.25, 0.3) is 0 Å². The van der Waals surface area contributed by atoms with Gasteiger partial charge in [0.1, 0.15) is 0 Å². The van der Waals surface area contributed by atoms with Crippen LogP contribution in [0.15, 0.2) is 0 Å². The fourth-order valence-corrected chi connectivity index (χ4v) is 2.37. The highest BCUT2D eigenvalue weighted by atomic mass is 16.5. The number of hydrogen-bond donors (Lipinski definition) is 1. The summed E-state index contributed by atoms with van der Waals surface area (Å²) < 4.78 is 5.78. The highest BCUT2D eigenvalue weighted by Gasteiger charge is 2.47. The molecule has 2 nitrogen and oxygen atoms in total. The third kappa shape index (κ3) is 1.38. The first-order chi connectivity index (χ1) is 5.76. The zero-order valence-corrected chi connectivity index (χ0v) is 8.10. The van der Waals surface area contributed by atoms with E-state index >= 15 is 0 Å². The zero-order chi connectivity index (χ0) is 8.60. The molecule has 0 radical (unpaired) electrons. The van der Waals surface area contributed by atoms with Gasteiger partial charge in [-0.2, -0.15) is 0 Å². The largest absolute Gasteiger partial charge is 0.376 e. The van der Waals surface area contributed by atoms with Gasteiger partial charge in [-0.1, -0.05) is 6.92 Å². The summed E-state index contributed by atoms with van der Waals surface area (Å²) in [6.07, 6.45) is 4.44. The molecule has 2 rings (SSSR count). The molecule has 1 aliphatic carbocycles. The van der Waals surface area contributed by atoms with Crippen molar-refractivity contribution in [2.75, 3.05) is 13.2 Å². The molecule has 1 saturated carbocycles. The summed E-state index contributed by atoms with van der Waals surface area (Å²) in [5.74, 6) is 0.858. The molecule has 1 N–H and O–H groups in total. The van der Waals surface area contributed by atoms with Crippen LogP contribution < -0.4 is 5.32 Å². The van der Waals surface area contributed by atoms with E-state index in [1.165, 1.54) is 19.3 Å². The Morgan fingerprint density at radius 2 is 2.25 bits per heavy atom. The van der Waals surface area contributed by atoms with Crippen LogP contribution in [0, 0.1) is 5.92 Å². The fourth-order valence-electron chi connectivity index (χ4n) is 2.37. The molecule has 0 aromatic heterocycles. The van der Waals surface area contributed by atoms with Gasteiger partial charge in [-0.05, 0) is 38.6 Å². The van der Waals surface area contributed by atoms with E-state index in [0.29, 0.717) is 6.10 Å². The van der Waals surface area contributed by atoms with Crippen LogP contribution in [0.5, 0.6) is 0 Å². The lowest BCUT2D eigenvalue weighted by Gasteiger charge is -2.30. The molecule has 2 atom stereocenters. The van der Waals surface area contributed by atoms with E-state index in [9.17, 15) is 0 Å². The molecule has 0 amide bonds. The maximum absolute atomic E-state index is 5.78. The number of nitrogens with one attached hydrogen (secondary N) is 1. The first-order valence-corrected chi connectivity index (χ1v) is 5.13. The van der Waals surface area contributed by atoms with Crippen molar-refractivity contribution in [3.63, 3.8) is 0 Å². The van der Waals surface area contributed by atoms with Crippen LogP contribution in [0.1, 0.15) is 33.1 Å². The van der Waals surface area contributed by atoms with Crippen molar-refractivity contribution in [3.8, 4) is 0 Å². The van der Waals surface area contributed by atoms with Crippen molar-refractivity contribution in [1.82, 2.24) is 5.32 Å². The lowest BCUT2D eigenvalue weighted by Crippen LogP contribution is -2.49. The van der Waals surface area contributed by atoms with Crippen molar-refractivity contribution in [2.45, 2.75) is 44.8 Å². The van der Waals surface area contributed by atoms with Gasteiger partial charge < -0.3 is 10.1 Å². The van der Waals surface area contributed by atoms with Gasteiger partial charge in [-0.25, -0.2) is 0 Å². The van der Waals surface area contributed by atoms with Crippen molar-refractivity contribution in [3.05, 3.63) is 0 Å². The van der Waals surface area contributed by atoms with Crippen LogP contribution in [-0.4, -0.2) is 24.8 Å². The monoisotopic (exact) mass is 169 g/mol. The van der Waals surface area contributed by atoms with E-state index in [-0.39, 0.29) is 5.54 Å². The molecule has 2 heteroatoms. The van der Waals surface area contributed by atoms with Crippen molar-refractivity contribution in [2.24, 2.45) is 5.92 Å². The molecule has 1 aliphatic heterocycles. The Morgan fingerprint density at radius 3 is 2.83 bits per heavy atom. The Kier molecular flexibility index (Phi) is 2.13. The third-order valence-corrected chi connectivity index (χ3v) is 3.18. The molecule has 12 heavy (non-hydrogen) atoms. The number of likely N-dealkylation sites (N-methyl/N-ethyl adjacent to an activating group) is 1. The molecular weight excluding hydrogens is 150 g/mol. The Hall–Kier alpha value is -0.0800. The van der Waals surface area contributed by atoms with Crippen molar-refractivity contribution < 1.29 is 4.74 Å². The molecule has 0 aromatic rings. The second-order valence-corrected chi connectivity index (χ2v) is 4.33. The lowest BCUT2D eigenvalue weighted by atomic mass is 9.90. The van der Waals surface area contributed by atoms with Gasteiger partial charge in [0.15, 0.2) is 0 Å². The van der Waals surface area contributed by atoms with Gasteiger partial charge in [0, 0.05) is 12.1 Å². The summed E-state index contributed by atoms with van der Waals surface area (Å²) in [5, 5.41) is 3.57. The Labute approximate surface area is 74.7 Å². The first-order valence-electron chi connectivity index (χ1n) is 5.13. The Morgan fingerprint density at radius 1 is 1.50 bits per heavy atom. The summed E-state index contributed by atoms with van der Waals surface area (Å²) in [6, 6.07) is 0. The normalized spacial score (nSPS) is 42.0. The van der Waals surface area contributed by atoms with Crippen molar-refractivity contribution >= 4 is 0 Å². The molecule has 70 valence electrons. The van der Waals surface area contributed by atoms with Crippen LogP contribution in [0.3, 0.4) is 0 Å². The second-order valence-electron chi connectivity index (χ2n) is 4.33. The number of ether oxygens (including phenoxy) is 1. The van der Waals surface area contributed by atoms with E-state index in [1.807, 2.05) is 0 Å². The molecule has 0 aromatic carbocycles. The topological polar surface area (TPSA) is 21.3 Å². The molecule has 0 bridgehead atoms. The highest BCUT2D eigenvalue weighted by molar-refractivity contribution is 5.02. The first kappa shape index (κ1) is 8.52. The quantitative estimate of drug-likeness (QED) is 0.692. The molecule has 2 aliphatic rings. The van der Waals surface area contributed by atoms with Gasteiger partial charge in [0.25, 0.3) is 0 Å². The van der Waals surface area contributed by atoms with E-state index in [4.69, 9.17) is 4.74 Å². The minimum atomic E-state index is 0.274. The molecule has 2 fully saturated rings. The number of hydrogen-bond acceptors (Lipinski definition) is 2.